The molecule has 0 fully saturated rings. The Morgan fingerprint density at radius 3 is 2.26 bits per heavy atom. The molecule has 0 saturated carbocycles. The molecule has 2 aromatic carbocycles. The summed E-state index contributed by atoms with van der Waals surface area (Å²) in [5.41, 5.74) is 8.47. The summed E-state index contributed by atoms with van der Waals surface area (Å²) in [7, 11) is 1.99. The van der Waals surface area contributed by atoms with Crippen molar-refractivity contribution in [1.82, 2.24) is 4.90 Å². The molecule has 0 amide bonds. The third-order valence-electron chi connectivity index (χ3n) is 2.87. The van der Waals surface area contributed by atoms with E-state index >= 15 is 0 Å². The van der Waals surface area contributed by atoms with Crippen LogP contribution in [0.3, 0.4) is 0 Å². The van der Waals surface area contributed by atoms with Crippen LogP contribution in [0.4, 0.5) is 10.1 Å². The Hall–Kier alpha value is -1.58. The van der Waals surface area contributed by atoms with E-state index in [0.29, 0.717) is 6.54 Å². The van der Waals surface area contributed by atoms with Gasteiger partial charge in [-0.3, -0.25) is 4.90 Å². The van der Waals surface area contributed by atoms with Crippen LogP contribution in [-0.2, 0) is 13.1 Å². The van der Waals surface area contributed by atoms with Gasteiger partial charge in [-0.05, 0) is 42.4 Å². The maximum absolute atomic E-state index is 13.3. The molecule has 2 rings (SSSR count). The molecule has 0 atom stereocenters. The Balaban J connectivity index is 1.98. The van der Waals surface area contributed by atoms with E-state index in [1.165, 1.54) is 11.6 Å². The molecular weight excluding hydrogens is 263 g/mol. The summed E-state index contributed by atoms with van der Waals surface area (Å²) in [6, 6.07) is 12.6. The van der Waals surface area contributed by atoms with Crippen LogP contribution in [0, 0.1) is 5.82 Å². The number of halogens is 2. The van der Waals surface area contributed by atoms with E-state index in [2.05, 4.69) is 4.90 Å². The van der Waals surface area contributed by atoms with Crippen molar-refractivity contribution in [1.29, 1.82) is 0 Å². The number of hydrogen-bond donors (Lipinski definition) is 1. The van der Waals surface area contributed by atoms with E-state index in [1.54, 1.807) is 6.07 Å². The molecule has 0 aliphatic rings. The third-order valence-corrected chi connectivity index (χ3v) is 3.18. The molecule has 0 aromatic heterocycles. The lowest BCUT2D eigenvalue weighted by atomic mass is 10.1. The Kier molecular flexibility index (Phi) is 4.40. The number of anilines is 1. The van der Waals surface area contributed by atoms with E-state index in [9.17, 15) is 4.39 Å². The summed E-state index contributed by atoms with van der Waals surface area (Å²) in [4.78, 5) is 2.11. The fourth-order valence-electron chi connectivity index (χ4n) is 1.94. The van der Waals surface area contributed by atoms with Crippen molar-refractivity contribution in [3.8, 4) is 0 Å². The van der Waals surface area contributed by atoms with E-state index < -0.39 is 0 Å². The standard InChI is InChI=1S/C15H16ClFN2/c1-19(9-11-2-5-13(18)6-3-11)10-12-4-7-14(16)15(17)8-12/h2-8H,9-10,18H2,1H3. The zero-order valence-corrected chi connectivity index (χ0v) is 11.5. The number of benzene rings is 2. The minimum atomic E-state index is -0.375. The summed E-state index contributed by atoms with van der Waals surface area (Å²) < 4.78 is 13.3. The van der Waals surface area contributed by atoms with Gasteiger partial charge in [0.2, 0.25) is 0 Å². The van der Waals surface area contributed by atoms with Crippen molar-refractivity contribution < 1.29 is 4.39 Å². The lowest BCUT2D eigenvalue weighted by Crippen LogP contribution is -2.17. The van der Waals surface area contributed by atoms with Crippen LogP contribution < -0.4 is 5.73 Å². The largest absolute Gasteiger partial charge is 0.399 e. The zero-order chi connectivity index (χ0) is 13.8. The molecular formula is C15H16ClFN2. The van der Waals surface area contributed by atoms with Crippen molar-refractivity contribution in [2.24, 2.45) is 0 Å². The maximum atomic E-state index is 13.3. The molecule has 4 heteroatoms. The van der Waals surface area contributed by atoms with Crippen molar-refractivity contribution in [2.45, 2.75) is 13.1 Å². The Morgan fingerprint density at radius 2 is 1.63 bits per heavy atom. The second kappa shape index (κ2) is 6.04. The number of nitrogens with zero attached hydrogens (tertiary/aromatic N) is 1. The van der Waals surface area contributed by atoms with E-state index in [0.717, 1.165) is 17.8 Å². The Bertz CT molecular complexity index is 555. The van der Waals surface area contributed by atoms with Crippen molar-refractivity contribution >= 4 is 17.3 Å². The van der Waals surface area contributed by atoms with Crippen molar-refractivity contribution in [2.75, 3.05) is 12.8 Å². The van der Waals surface area contributed by atoms with Gasteiger partial charge < -0.3 is 5.73 Å². The van der Waals surface area contributed by atoms with Gasteiger partial charge in [-0.15, -0.1) is 0 Å². The SMILES string of the molecule is CN(Cc1ccc(N)cc1)Cc1ccc(Cl)c(F)c1. The molecule has 0 heterocycles. The molecule has 2 N–H and O–H groups in total. The average Bonchev–Trinajstić information content (AvgIpc) is 2.37. The van der Waals surface area contributed by atoms with Crippen molar-refractivity contribution in [3.05, 3.63) is 64.4 Å². The van der Waals surface area contributed by atoms with E-state index in [1.807, 2.05) is 37.4 Å². The summed E-state index contributed by atoms with van der Waals surface area (Å²) in [5, 5.41) is 0.157. The summed E-state index contributed by atoms with van der Waals surface area (Å²) in [6.07, 6.45) is 0. The first-order valence-electron chi connectivity index (χ1n) is 6.01. The second-order valence-electron chi connectivity index (χ2n) is 4.66. The predicted octanol–water partition coefficient (Wildman–Crippen LogP) is 3.69. The number of rotatable bonds is 4. The van der Waals surface area contributed by atoms with Crippen LogP contribution in [0.2, 0.25) is 5.02 Å². The van der Waals surface area contributed by atoms with Gasteiger partial charge in [0.15, 0.2) is 0 Å². The van der Waals surface area contributed by atoms with Crippen LogP contribution in [-0.4, -0.2) is 11.9 Å². The molecule has 19 heavy (non-hydrogen) atoms. The quantitative estimate of drug-likeness (QED) is 0.864. The highest BCUT2D eigenvalue weighted by atomic mass is 35.5. The second-order valence-corrected chi connectivity index (χ2v) is 5.07. The number of nitrogen functional groups attached to an aromatic ring is 1. The first-order chi connectivity index (χ1) is 9.04. The topological polar surface area (TPSA) is 29.3 Å². The van der Waals surface area contributed by atoms with E-state index in [4.69, 9.17) is 17.3 Å². The van der Waals surface area contributed by atoms with Gasteiger partial charge in [-0.1, -0.05) is 29.8 Å². The molecule has 0 saturated heterocycles. The first-order valence-corrected chi connectivity index (χ1v) is 6.39. The smallest absolute Gasteiger partial charge is 0.142 e. The lowest BCUT2D eigenvalue weighted by Gasteiger charge is -2.17. The van der Waals surface area contributed by atoms with Gasteiger partial charge in [0.25, 0.3) is 0 Å². The third kappa shape index (κ3) is 3.94. The van der Waals surface area contributed by atoms with Gasteiger partial charge >= 0.3 is 0 Å². The highest BCUT2D eigenvalue weighted by molar-refractivity contribution is 6.30. The van der Waals surface area contributed by atoms with Crippen LogP contribution in [0.25, 0.3) is 0 Å². The normalized spacial score (nSPS) is 10.9. The number of nitrogens with two attached hydrogens (primary N) is 1. The minimum Gasteiger partial charge on any atom is -0.399 e. The summed E-state index contributed by atoms with van der Waals surface area (Å²) >= 11 is 5.66. The minimum absolute atomic E-state index is 0.157. The first kappa shape index (κ1) is 13.8. The van der Waals surface area contributed by atoms with E-state index in [-0.39, 0.29) is 10.8 Å². The zero-order valence-electron chi connectivity index (χ0n) is 10.7. The molecule has 0 radical (unpaired) electrons. The molecule has 100 valence electrons. The number of hydrogen-bond acceptors (Lipinski definition) is 2. The molecule has 0 aliphatic carbocycles. The van der Waals surface area contributed by atoms with Crippen LogP contribution >= 0.6 is 11.6 Å². The van der Waals surface area contributed by atoms with Gasteiger partial charge in [-0.2, -0.15) is 0 Å². The fraction of sp³-hybridized carbons (Fsp3) is 0.200. The molecule has 2 aromatic rings. The van der Waals surface area contributed by atoms with Gasteiger partial charge in [-0.25, -0.2) is 4.39 Å². The fourth-order valence-corrected chi connectivity index (χ4v) is 2.06. The van der Waals surface area contributed by atoms with Crippen LogP contribution in [0.1, 0.15) is 11.1 Å². The lowest BCUT2D eigenvalue weighted by molar-refractivity contribution is 0.318. The van der Waals surface area contributed by atoms with Crippen molar-refractivity contribution in [3.63, 3.8) is 0 Å². The average molecular weight is 279 g/mol. The predicted molar refractivity (Wildman–Crippen MR) is 77.4 cm³/mol. The van der Waals surface area contributed by atoms with Gasteiger partial charge in [0.1, 0.15) is 5.82 Å². The summed E-state index contributed by atoms with van der Waals surface area (Å²) in [5.74, 6) is -0.375. The molecule has 2 nitrogen and oxygen atoms in total. The van der Waals surface area contributed by atoms with Crippen LogP contribution in [0.15, 0.2) is 42.5 Å². The highest BCUT2D eigenvalue weighted by Gasteiger charge is 2.05. The highest BCUT2D eigenvalue weighted by Crippen LogP contribution is 2.17. The Morgan fingerprint density at radius 1 is 1.05 bits per heavy atom. The maximum Gasteiger partial charge on any atom is 0.142 e. The Labute approximate surface area is 117 Å². The molecule has 0 spiro atoms. The molecule has 0 unspecified atom stereocenters. The van der Waals surface area contributed by atoms with Crippen LogP contribution in [0.5, 0.6) is 0 Å². The molecule has 0 aliphatic heterocycles. The summed E-state index contributed by atoms with van der Waals surface area (Å²) in [6.45, 7) is 1.45. The van der Waals surface area contributed by atoms with Gasteiger partial charge in [0, 0.05) is 18.8 Å². The monoisotopic (exact) mass is 278 g/mol. The molecule has 0 bridgehead atoms. The van der Waals surface area contributed by atoms with Gasteiger partial charge in [0.05, 0.1) is 5.02 Å².